The summed E-state index contributed by atoms with van der Waals surface area (Å²) in [5.41, 5.74) is 1.71. The van der Waals surface area contributed by atoms with Crippen molar-refractivity contribution in [1.82, 2.24) is 9.80 Å². The standard InChI is InChI=1S/C24H29FN4O2/c25-20-9-3-5-11-22(20)28-16-14-27(15-17-28)18-23(30)26-21-10-4-2-8-19(21)24(31)29-12-6-1-7-13-29/h2-5,8-11H,1,6-7,12-18H2,(H,26,30). The SMILES string of the molecule is O=C(CN1CCN(c2ccccc2F)CC1)Nc1ccccc1C(=O)N1CCCCC1. The fraction of sp³-hybridized carbons (Fsp3) is 0.417. The van der Waals surface area contributed by atoms with Gasteiger partial charge in [-0.1, -0.05) is 24.3 Å². The molecule has 6 nitrogen and oxygen atoms in total. The van der Waals surface area contributed by atoms with Crippen LogP contribution in [0, 0.1) is 5.82 Å². The Kier molecular flexibility index (Phi) is 6.82. The summed E-state index contributed by atoms with van der Waals surface area (Å²) in [6, 6.07) is 14.0. The molecule has 0 atom stereocenters. The molecule has 164 valence electrons. The number of para-hydroxylation sites is 2. The lowest BCUT2D eigenvalue weighted by Crippen LogP contribution is -2.49. The van der Waals surface area contributed by atoms with Gasteiger partial charge >= 0.3 is 0 Å². The Balaban J connectivity index is 1.33. The van der Waals surface area contributed by atoms with Gasteiger partial charge in [-0.15, -0.1) is 0 Å². The quantitative estimate of drug-likeness (QED) is 0.801. The molecule has 0 unspecified atom stereocenters. The molecule has 0 radical (unpaired) electrons. The van der Waals surface area contributed by atoms with Gasteiger partial charge in [-0.3, -0.25) is 14.5 Å². The number of nitrogens with zero attached hydrogens (tertiary/aromatic N) is 3. The maximum absolute atomic E-state index is 14.0. The zero-order chi connectivity index (χ0) is 21.6. The number of amides is 2. The minimum absolute atomic E-state index is 0.0193. The van der Waals surface area contributed by atoms with Crippen molar-refractivity contribution in [1.29, 1.82) is 0 Å². The number of likely N-dealkylation sites (tertiary alicyclic amines) is 1. The minimum atomic E-state index is -0.219. The Morgan fingerprint density at radius 1 is 0.839 bits per heavy atom. The monoisotopic (exact) mass is 424 g/mol. The number of anilines is 2. The Morgan fingerprint density at radius 2 is 1.52 bits per heavy atom. The summed E-state index contributed by atoms with van der Waals surface area (Å²) < 4.78 is 14.0. The number of piperidine rings is 1. The van der Waals surface area contributed by atoms with E-state index in [4.69, 9.17) is 0 Å². The fourth-order valence-electron chi connectivity index (χ4n) is 4.29. The minimum Gasteiger partial charge on any atom is -0.367 e. The van der Waals surface area contributed by atoms with Crippen molar-refractivity contribution in [3.63, 3.8) is 0 Å². The van der Waals surface area contributed by atoms with Crippen molar-refractivity contribution in [2.45, 2.75) is 19.3 Å². The third kappa shape index (κ3) is 5.22. The van der Waals surface area contributed by atoms with Crippen LogP contribution in [0.2, 0.25) is 0 Å². The molecule has 0 aliphatic carbocycles. The maximum atomic E-state index is 14.0. The van der Waals surface area contributed by atoms with Crippen molar-refractivity contribution in [3.05, 3.63) is 59.9 Å². The molecule has 2 amide bonds. The molecule has 2 heterocycles. The number of nitrogens with one attached hydrogen (secondary N) is 1. The smallest absolute Gasteiger partial charge is 0.255 e. The molecule has 4 rings (SSSR count). The predicted octanol–water partition coefficient (Wildman–Crippen LogP) is 3.21. The number of rotatable bonds is 5. The van der Waals surface area contributed by atoms with Gasteiger partial charge in [0.1, 0.15) is 5.82 Å². The summed E-state index contributed by atoms with van der Waals surface area (Å²) in [5, 5.41) is 2.93. The molecule has 31 heavy (non-hydrogen) atoms. The molecular formula is C24H29FN4O2. The van der Waals surface area contributed by atoms with Gasteiger partial charge in [0.25, 0.3) is 5.91 Å². The summed E-state index contributed by atoms with van der Waals surface area (Å²) in [6.07, 6.45) is 3.21. The highest BCUT2D eigenvalue weighted by molar-refractivity contribution is 6.04. The molecule has 0 saturated carbocycles. The first-order chi connectivity index (χ1) is 15.1. The van der Waals surface area contributed by atoms with Crippen LogP contribution in [0.25, 0.3) is 0 Å². The fourth-order valence-corrected chi connectivity index (χ4v) is 4.29. The predicted molar refractivity (Wildman–Crippen MR) is 120 cm³/mol. The van der Waals surface area contributed by atoms with Gasteiger partial charge in [0.2, 0.25) is 5.91 Å². The van der Waals surface area contributed by atoms with E-state index in [2.05, 4.69) is 10.2 Å². The molecule has 2 aliphatic rings. The van der Waals surface area contributed by atoms with Crippen molar-refractivity contribution >= 4 is 23.2 Å². The van der Waals surface area contributed by atoms with Crippen molar-refractivity contribution in [2.24, 2.45) is 0 Å². The first-order valence-corrected chi connectivity index (χ1v) is 11.0. The first-order valence-electron chi connectivity index (χ1n) is 11.0. The lowest BCUT2D eigenvalue weighted by molar-refractivity contribution is -0.117. The van der Waals surface area contributed by atoms with Crippen molar-refractivity contribution < 1.29 is 14.0 Å². The second kappa shape index (κ2) is 9.92. The number of hydrogen-bond donors (Lipinski definition) is 1. The highest BCUT2D eigenvalue weighted by Crippen LogP contribution is 2.21. The topological polar surface area (TPSA) is 55.9 Å². The molecule has 2 saturated heterocycles. The van der Waals surface area contributed by atoms with Gasteiger partial charge in [0, 0.05) is 39.3 Å². The third-order valence-corrected chi connectivity index (χ3v) is 6.01. The number of piperazine rings is 1. The lowest BCUT2D eigenvalue weighted by atomic mass is 10.1. The van der Waals surface area contributed by atoms with Crippen LogP contribution in [0.3, 0.4) is 0 Å². The number of benzene rings is 2. The summed E-state index contributed by atoms with van der Waals surface area (Å²) in [6.45, 7) is 4.47. The van der Waals surface area contributed by atoms with Crippen LogP contribution in [0.15, 0.2) is 48.5 Å². The van der Waals surface area contributed by atoms with Crippen LogP contribution in [-0.2, 0) is 4.79 Å². The van der Waals surface area contributed by atoms with Crippen LogP contribution < -0.4 is 10.2 Å². The van der Waals surface area contributed by atoms with Gasteiger partial charge in [0.15, 0.2) is 0 Å². The number of carbonyl (C=O) groups is 2. The van der Waals surface area contributed by atoms with Crippen LogP contribution in [-0.4, -0.2) is 67.4 Å². The summed E-state index contributed by atoms with van der Waals surface area (Å²) >= 11 is 0. The van der Waals surface area contributed by atoms with Crippen LogP contribution in [0.1, 0.15) is 29.6 Å². The number of hydrogen-bond acceptors (Lipinski definition) is 4. The normalized spacial score (nSPS) is 17.5. The van der Waals surface area contributed by atoms with E-state index >= 15 is 0 Å². The van der Waals surface area contributed by atoms with Crippen molar-refractivity contribution in [2.75, 3.05) is 56.0 Å². The van der Waals surface area contributed by atoms with Crippen LogP contribution >= 0.6 is 0 Å². The van der Waals surface area contributed by atoms with Gasteiger partial charge in [0.05, 0.1) is 23.5 Å². The molecule has 0 aromatic heterocycles. The van der Waals surface area contributed by atoms with Crippen LogP contribution in [0.5, 0.6) is 0 Å². The zero-order valence-electron chi connectivity index (χ0n) is 17.7. The molecule has 2 aliphatic heterocycles. The maximum Gasteiger partial charge on any atom is 0.255 e. The van der Waals surface area contributed by atoms with E-state index < -0.39 is 0 Å². The van der Waals surface area contributed by atoms with E-state index in [9.17, 15) is 14.0 Å². The average Bonchev–Trinajstić information content (AvgIpc) is 2.80. The van der Waals surface area contributed by atoms with Gasteiger partial charge in [-0.2, -0.15) is 0 Å². The molecule has 2 aromatic rings. The Morgan fingerprint density at radius 3 is 2.26 bits per heavy atom. The summed E-state index contributed by atoms with van der Waals surface area (Å²) in [5.74, 6) is -0.379. The summed E-state index contributed by atoms with van der Waals surface area (Å²) in [7, 11) is 0. The van der Waals surface area contributed by atoms with E-state index in [0.29, 0.717) is 43.1 Å². The van der Waals surface area contributed by atoms with Crippen molar-refractivity contribution in [3.8, 4) is 0 Å². The molecule has 0 bridgehead atoms. The van der Waals surface area contributed by atoms with Gasteiger partial charge in [-0.05, 0) is 43.5 Å². The van der Waals surface area contributed by atoms with E-state index in [-0.39, 0.29) is 24.2 Å². The first kappa shape index (κ1) is 21.3. The molecule has 2 fully saturated rings. The third-order valence-electron chi connectivity index (χ3n) is 6.01. The Hall–Kier alpha value is -2.93. The number of halogens is 1. The zero-order valence-corrected chi connectivity index (χ0v) is 17.7. The molecule has 2 aromatic carbocycles. The Bertz CT molecular complexity index is 921. The molecule has 7 heteroatoms. The summed E-state index contributed by atoms with van der Waals surface area (Å²) in [4.78, 5) is 31.5. The lowest BCUT2D eigenvalue weighted by Gasteiger charge is -2.35. The highest BCUT2D eigenvalue weighted by Gasteiger charge is 2.23. The highest BCUT2D eigenvalue weighted by atomic mass is 19.1. The van der Waals surface area contributed by atoms with E-state index in [1.165, 1.54) is 6.07 Å². The second-order valence-corrected chi connectivity index (χ2v) is 8.16. The largest absolute Gasteiger partial charge is 0.367 e. The molecule has 1 N–H and O–H groups in total. The average molecular weight is 425 g/mol. The molecule has 0 spiro atoms. The number of carbonyl (C=O) groups excluding carboxylic acids is 2. The van der Waals surface area contributed by atoms with Gasteiger partial charge < -0.3 is 15.1 Å². The van der Waals surface area contributed by atoms with Crippen LogP contribution in [0.4, 0.5) is 15.8 Å². The Labute approximate surface area is 182 Å². The van der Waals surface area contributed by atoms with E-state index in [0.717, 1.165) is 32.4 Å². The van der Waals surface area contributed by atoms with E-state index in [1.54, 1.807) is 24.3 Å². The second-order valence-electron chi connectivity index (χ2n) is 8.16. The molecular weight excluding hydrogens is 395 g/mol. The van der Waals surface area contributed by atoms with Gasteiger partial charge in [-0.25, -0.2) is 4.39 Å². The van der Waals surface area contributed by atoms with E-state index in [1.807, 2.05) is 28.0 Å².